The molecule has 0 atom stereocenters. The van der Waals surface area contributed by atoms with Crippen LogP contribution in [-0.4, -0.2) is 37.5 Å². The summed E-state index contributed by atoms with van der Waals surface area (Å²) in [5, 5.41) is 9.75. The van der Waals surface area contributed by atoms with Crippen molar-refractivity contribution in [3.63, 3.8) is 0 Å². The molecule has 0 spiro atoms. The average molecular weight is 335 g/mol. The fourth-order valence-corrected chi connectivity index (χ4v) is 3.45. The van der Waals surface area contributed by atoms with Crippen molar-refractivity contribution >= 4 is 11.9 Å². The van der Waals surface area contributed by atoms with E-state index in [1.807, 2.05) is 0 Å². The summed E-state index contributed by atoms with van der Waals surface area (Å²) < 4.78 is 0. The molecule has 136 valence electrons. The molecule has 5 heteroatoms. The van der Waals surface area contributed by atoms with Gasteiger partial charge in [0, 0.05) is 25.6 Å². The molecule has 1 fully saturated rings. The van der Waals surface area contributed by atoms with Gasteiger partial charge in [0.05, 0.1) is 6.54 Å². The number of hydrogen-bond donors (Lipinski definition) is 3. The Hall–Kier alpha value is -1.52. The highest BCUT2D eigenvalue weighted by atomic mass is 16.1. The number of guanidine groups is 1. The van der Waals surface area contributed by atoms with Gasteiger partial charge in [0.15, 0.2) is 5.96 Å². The van der Waals surface area contributed by atoms with Crippen molar-refractivity contribution in [3.05, 3.63) is 11.6 Å². The van der Waals surface area contributed by atoms with Crippen LogP contribution in [0.2, 0.25) is 0 Å². The van der Waals surface area contributed by atoms with Gasteiger partial charge in [-0.25, -0.2) is 0 Å². The van der Waals surface area contributed by atoms with Crippen molar-refractivity contribution in [2.75, 3.05) is 19.6 Å². The maximum absolute atomic E-state index is 11.9. The first kappa shape index (κ1) is 18.8. The summed E-state index contributed by atoms with van der Waals surface area (Å²) >= 11 is 0. The molecule has 2 aliphatic rings. The molecule has 1 saturated carbocycles. The van der Waals surface area contributed by atoms with E-state index >= 15 is 0 Å². The van der Waals surface area contributed by atoms with Crippen molar-refractivity contribution in [2.24, 2.45) is 4.99 Å². The number of nitrogens with zero attached hydrogens (tertiary/aromatic N) is 1. The predicted molar refractivity (Wildman–Crippen MR) is 100 cm³/mol. The quantitative estimate of drug-likeness (QED) is 0.363. The molecule has 0 heterocycles. The molecule has 0 radical (unpaired) electrons. The van der Waals surface area contributed by atoms with Crippen LogP contribution in [0.15, 0.2) is 16.6 Å². The minimum atomic E-state index is 0.133. The fraction of sp³-hybridized carbons (Fsp3) is 0.789. The van der Waals surface area contributed by atoms with Gasteiger partial charge >= 0.3 is 0 Å². The number of aliphatic imine (C=N–C) groups is 1. The molecular weight excluding hydrogens is 300 g/mol. The zero-order valence-corrected chi connectivity index (χ0v) is 15.2. The van der Waals surface area contributed by atoms with Gasteiger partial charge in [-0.2, -0.15) is 0 Å². The number of allylic oxidation sites excluding steroid dienone is 1. The Labute approximate surface area is 146 Å². The second kappa shape index (κ2) is 11.1. The Bertz CT molecular complexity index is 439. The SMILES string of the molecule is CCNC(=NCCC(=O)NC1CCCC1)NCCC1=CCCCC1. The first-order valence-corrected chi connectivity index (χ1v) is 9.77. The monoisotopic (exact) mass is 334 g/mol. The van der Waals surface area contributed by atoms with Crippen molar-refractivity contribution in [1.82, 2.24) is 16.0 Å². The van der Waals surface area contributed by atoms with E-state index in [1.54, 1.807) is 5.57 Å². The van der Waals surface area contributed by atoms with E-state index in [0.717, 1.165) is 38.3 Å². The summed E-state index contributed by atoms with van der Waals surface area (Å²) in [6.07, 6.45) is 13.9. The summed E-state index contributed by atoms with van der Waals surface area (Å²) in [4.78, 5) is 16.5. The van der Waals surface area contributed by atoms with Crippen LogP contribution in [0.5, 0.6) is 0 Å². The lowest BCUT2D eigenvalue weighted by atomic mass is 9.97. The second-order valence-electron chi connectivity index (χ2n) is 6.84. The molecule has 0 aliphatic heterocycles. The lowest BCUT2D eigenvalue weighted by Gasteiger charge is -2.15. The first-order valence-electron chi connectivity index (χ1n) is 9.77. The van der Waals surface area contributed by atoms with E-state index < -0.39 is 0 Å². The predicted octanol–water partition coefficient (Wildman–Crippen LogP) is 2.88. The van der Waals surface area contributed by atoms with Gasteiger partial charge in [-0.15, -0.1) is 0 Å². The molecule has 1 amide bonds. The molecule has 0 unspecified atom stereocenters. The molecule has 0 saturated heterocycles. The maximum Gasteiger partial charge on any atom is 0.222 e. The molecule has 0 bridgehead atoms. The van der Waals surface area contributed by atoms with Gasteiger partial charge in [-0.05, 0) is 51.9 Å². The molecular formula is C19H34N4O. The van der Waals surface area contributed by atoms with Crippen molar-refractivity contribution < 1.29 is 4.79 Å². The van der Waals surface area contributed by atoms with Crippen LogP contribution in [0.25, 0.3) is 0 Å². The van der Waals surface area contributed by atoms with Crippen molar-refractivity contribution in [1.29, 1.82) is 0 Å². The van der Waals surface area contributed by atoms with Crippen LogP contribution in [0.1, 0.15) is 71.1 Å². The lowest BCUT2D eigenvalue weighted by Crippen LogP contribution is -2.38. The fourth-order valence-electron chi connectivity index (χ4n) is 3.45. The highest BCUT2D eigenvalue weighted by Gasteiger charge is 2.16. The van der Waals surface area contributed by atoms with Crippen LogP contribution in [0.3, 0.4) is 0 Å². The second-order valence-corrected chi connectivity index (χ2v) is 6.84. The number of nitrogens with one attached hydrogen (secondary N) is 3. The summed E-state index contributed by atoms with van der Waals surface area (Å²) in [6, 6.07) is 0.400. The molecule has 3 N–H and O–H groups in total. The van der Waals surface area contributed by atoms with E-state index in [1.165, 1.54) is 38.5 Å². The summed E-state index contributed by atoms with van der Waals surface area (Å²) in [5.74, 6) is 0.955. The summed E-state index contributed by atoms with van der Waals surface area (Å²) in [6.45, 7) is 4.35. The molecule has 5 nitrogen and oxygen atoms in total. The van der Waals surface area contributed by atoms with E-state index in [-0.39, 0.29) is 5.91 Å². The summed E-state index contributed by atoms with van der Waals surface area (Å²) in [7, 11) is 0. The smallest absolute Gasteiger partial charge is 0.222 e. The van der Waals surface area contributed by atoms with Gasteiger partial charge in [0.2, 0.25) is 5.91 Å². The standard InChI is InChI=1S/C19H34N4O/c1-2-20-19(21-14-12-16-8-4-3-5-9-16)22-15-13-18(24)23-17-10-6-7-11-17/h8,17H,2-7,9-15H2,1H3,(H,23,24)(H2,20,21,22). The Kier molecular flexibility index (Phi) is 8.71. The van der Waals surface area contributed by atoms with Gasteiger partial charge in [0.25, 0.3) is 0 Å². The Morgan fingerprint density at radius 3 is 2.75 bits per heavy atom. The zero-order valence-electron chi connectivity index (χ0n) is 15.2. The van der Waals surface area contributed by atoms with Crippen LogP contribution >= 0.6 is 0 Å². The van der Waals surface area contributed by atoms with Gasteiger partial charge in [-0.1, -0.05) is 24.5 Å². The molecule has 2 aliphatic carbocycles. The minimum Gasteiger partial charge on any atom is -0.357 e. The van der Waals surface area contributed by atoms with E-state index in [9.17, 15) is 4.79 Å². The summed E-state index contributed by atoms with van der Waals surface area (Å²) in [5.41, 5.74) is 1.57. The topological polar surface area (TPSA) is 65.5 Å². The maximum atomic E-state index is 11.9. The number of hydrogen-bond acceptors (Lipinski definition) is 2. The van der Waals surface area contributed by atoms with Gasteiger partial charge < -0.3 is 16.0 Å². The van der Waals surface area contributed by atoms with Crippen molar-refractivity contribution in [3.8, 4) is 0 Å². The number of amides is 1. The highest BCUT2D eigenvalue weighted by Crippen LogP contribution is 2.19. The lowest BCUT2D eigenvalue weighted by molar-refractivity contribution is -0.121. The van der Waals surface area contributed by atoms with Crippen LogP contribution < -0.4 is 16.0 Å². The molecule has 0 aromatic rings. The Morgan fingerprint density at radius 2 is 2.04 bits per heavy atom. The molecule has 0 aromatic carbocycles. The van der Waals surface area contributed by atoms with Crippen LogP contribution in [-0.2, 0) is 4.79 Å². The number of rotatable bonds is 8. The third-order valence-corrected chi connectivity index (χ3v) is 4.80. The van der Waals surface area contributed by atoms with E-state index in [2.05, 4.69) is 33.9 Å². The van der Waals surface area contributed by atoms with Crippen LogP contribution in [0, 0.1) is 0 Å². The number of carbonyl (C=O) groups excluding carboxylic acids is 1. The van der Waals surface area contributed by atoms with Gasteiger partial charge in [0.1, 0.15) is 0 Å². The van der Waals surface area contributed by atoms with E-state index in [0.29, 0.717) is 19.0 Å². The first-order chi connectivity index (χ1) is 11.8. The zero-order chi connectivity index (χ0) is 17.0. The third-order valence-electron chi connectivity index (χ3n) is 4.80. The molecule has 2 rings (SSSR count). The van der Waals surface area contributed by atoms with E-state index in [4.69, 9.17) is 0 Å². The average Bonchev–Trinajstić information content (AvgIpc) is 3.09. The number of carbonyl (C=O) groups is 1. The molecule has 0 aromatic heterocycles. The van der Waals surface area contributed by atoms with Crippen LogP contribution in [0.4, 0.5) is 0 Å². The normalized spacial score (nSPS) is 19.0. The van der Waals surface area contributed by atoms with Crippen molar-refractivity contribution in [2.45, 2.75) is 77.2 Å². The largest absolute Gasteiger partial charge is 0.357 e. The van der Waals surface area contributed by atoms with Gasteiger partial charge in [-0.3, -0.25) is 9.79 Å². The minimum absolute atomic E-state index is 0.133. The Balaban J connectivity index is 1.65. The highest BCUT2D eigenvalue weighted by molar-refractivity contribution is 5.80. The third kappa shape index (κ3) is 7.37. The Morgan fingerprint density at radius 1 is 1.21 bits per heavy atom. The molecule has 24 heavy (non-hydrogen) atoms.